The molecular weight excluding hydrogens is 198 g/mol. The van der Waals surface area contributed by atoms with Crippen LogP contribution in [0.15, 0.2) is 30.3 Å². The Morgan fingerprint density at radius 2 is 2.07 bits per heavy atom. The summed E-state index contributed by atoms with van der Waals surface area (Å²) in [6, 6.07) is 9.80. The van der Waals surface area contributed by atoms with Gasteiger partial charge in [-0.05, 0) is 12.5 Å². The number of hydrogen-bond donors (Lipinski definition) is 1. The van der Waals surface area contributed by atoms with Crippen molar-refractivity contribution in [3.8, 4) is 0 Å². The first-order valence-corrected chi connectivity index (χ1v) is 5.07. The van der Waals surface area contributed by atoms with Gasteiger partial charge in [0.15, 0.2) is 0 Å². The zero-order valence-corrected chi connectivity index (χ0v) is 8.92. The number of rotatable bonds is 4. The van der Waals surface area contributed by atoms with E-state index in [0.29, 0.717) is 13.0 Å². The van der Waals surface area contributed by atoms with Gasteiger partial charge in [0, 0.05) is 18.3 Å². The van der Waals surface area contributed by atoms with Crippen molar-refractivity contribution in [2.45, 2.75) is 25.3 Å². The van der Waals surface area contributed by atoms with Crippen molar-refractivity contribution in [2.24, 2.45) is 0 Å². The first-order chi connectivity index (χ1) is 6.68. The molecule has 0 fully saturated rings. The molecule has 2 nitrogen and oxygen atoms in total. The van der Waals surface area contributed by atoms with Crippen molar-refractivity contribution in [1.29, 1.82) is 0 Å². The molecule has 0 spiro atoms. The molecule has 0 saturated carbocycles. The quantitative estimate of drug-likeness (QED) is 0.761. The van der Waals surface area contributed by atoms with E-state index in [1.54, 1.807) is 0 Å². The van der Waals surface area contributed by atoms with Gasteiger partial charge < -0.3 is 5.32 Å². The zero-order chi connectivity index (χ0) is 10.4. The maximum atomic E-state index is 11.2. The molecule has 1 N–H and O–H groups in total. The highest BCUT2D eigenvalue weighted by Gasteiger charge is 2.04. The lowest BCUT2D eigenvalue weighted by molar-refractivity contribution is -0.121. The van der Waals surface area contributed by atoms with Crippen LogP contribution >= 0.6 is 11.6 Å². The number of benzene rings is 1. The second-order valence-corrected chi connectivity index (χ2v) is 3.99. The molecule has 0 radical (unpaired) electrons. The van der Waals surface area contributed by atoms with E-state index in [0.717, 1.165) is 5.56 Å². The van der Waals surface area contributed by atoms with Gasteiger partial charge in [-0.25, -0.2) is 0 Å². The Morgan fingerprint density at radius 3 is 2.64 bits per heavy atom. The smallest absolute Gasteiger partial charge is 0.221 e. The van der Waals surface area contributed by atoms with E-state index in [9.17, 15) is 4.79 Å². The summed E-state index contributed by atoms with van der Waals surface area (Å²) in [5.74, 6) is -0.00338. The first-order valence-electron chi connectivity index (χ1n) is 4.63. The van der Waals surface area contributed by atoms with Gasteiger partial charge in [-0.3, -0.25) is 4.79 Å². The Bertz CT molecular complexity index is 285. The number of alkyl halides is 1. The Balaban J connectivity index is 2.31. The molecule has 0 aromatic heterocycles. The van der Waals surface area contributed by atoms with Crippen LogP contribution in [0.2, 0.25) is 0 Å². The minimum atomic E-state index is -0.106. The van der Waals surface area contributed by atoms with Crippen molar-refractivity contribution in [2.75, 3.05) is 0 Å². The standard InChI is InChI=1S/C11H14ClNO/c1-9(12)7-11(14)13-8-10-5-3-2-4-6-10/h2-6,9H,7-8H2,1H3,(H,13,14). The van der Waals surface area contributed by atoms with Crippen molar-refractivity contribution in [1.82, 2.24) is 5.32 Å². The minimum absolute atomic E-state index is 0.00338. The van der Waals surface area contributed by atoms with Crippen LogP contribution in [0.5, 0.6) is 0 Å². The molecule has 3 heteroatoms. The van der Waals surface area contributed by atoms with Gasteiger partial charge >= 0.3 is 0 Å². The summed E-state index contributed by atoms with van der Waals surface area (Å²) < 4.78 is 0. The third-order valence-corrected chi connectivity index (χ3v) is 1.95. The average Bonchev–Trinajstić information content (AvgIpc) is 2.15. The summed E-state index contributed by atoms with van der Waals surface area (Å²) >= 11 is 5.69. The molecule has 1 aromatic rings. The van der Waals surface area contributed by atoms with Crippen LogP contribution in [-0.2, 0) is 11.3 Å². The van der Waals surface area contributed by atoms with E-state index in [1.165, 1.54) is 0 Å². The van der Waals surface area contributed by atoms with Crippen LogP contribution in [0.3, 0.4) is 0 Å². The van der Waals surface area contributed by atoms with Gasteiger partial charge in [0.1, 0.15) is 0 Å². The van der Waals surface area contributed by atoms with Crippen molar-refractivity contribution < 1.29 is 4.79 Å². The largest absolute Gasteiger partial charge is 0.352 e. The lowest BCUT2D eigenvalue weighted by Crippen LogP contribution is -2.24. The van der Waals surface area contributed by atoms with Crippen LogP contribution in [0.25, 0.3) is 0 Å². The maximum absolute atomic E-state index is 11.2. The summed E-state index contributed by atoms with van der Waals surface area (Å²) in [4.78, 5) is 11.2. The van der Waals surface area contributed by atoms with Crippen molar-refractivity contribution in [3.63, 3.8) is 0 Å². The predicted octanol–water partition coefficient (Wildman–Crippen LogP) is 2.32. The molecule has 0 aliphatic rings. The van der Waals surface area contributed by atoms with Gasteiger partial charge in [-0.15, -0.1) is 11.6 Å². The van der Waals surface area contributed by atoms with Crippen molar-refractivity contribution in [3.05, 3.63) is 35.9 Å². The molecule has 76 valence electrons. The Morgan fingerprint density at radius 1 is 1.43 bits per heavy atom. The van der Waals surface area contributed by atoms with E-state index in [-0.39, 0.29) is 11.3 Å². The number of halogens is 1. The number of amides is 1. The van der Waals surface area contributed by atoms with E-state index < -0.39 is 0 Å². The molecule has 0 aliphatic heterocycles. The fourth-order valence-corrected chi connectivity index (χ4v) is 1.26. The Labute approximate surface area is 89.3 Å². The summed E-state index contributed by atoms with van der Waals surface area (Å²) in [7, 11) is 0. The molecule has 1 amide bonds. The summed E-state index contributed by atoms with van der Waals surface area (Å²) in [5, 5.41) is 2.70. The lowest BCUT2D eigenvalue weighted by Gasteiger charge is -2.05. The fourth-order valence-electron chi connectivity index (χ4n) is 1.12. The number of carbonyl (C=O) groups is 1. The van der Waals surface area contributed by atoms with Gasteiger partial charge in [0.25, 0.3) is 0 Å². The first kappa shape index (κ1) is 11.1. The van der Waals surface area contributed by atoms with Gasteiger partial charge in [-0.2, -0.15) is 0 Å². The van der Waals surface area contributed by atoms with Gasteiger partial charge in [-0.1, -0.05) is 30.3 Å². The van der Waals surface area contributed by atoms with Crippen LogP contribution < -0.4 is 5.32 Å². The molecule has 1 rings (SSSR count). The highest BCUT2D eigenvalue weighted by atomic mass is 35.5. The summed E-state index contributed by atoms with van der Waals surface area (Å²) in [6.07, 6.45) is 0.369. The van der Waals surface area contributed by atoms with E-state index in [1.807, 2.05) is 37.3 Å². The second kappa shape index (κ2) is 5.66. The minimum Gasteiger partial charge on any atom is -0.352 e. The lowest BCUT2D eigenvalue weighted by atomic mass is 10.2. The number of carbonyl (C=O) groups excluding carboxylic acids is 1. The van der Waals surface area contributed by atoms with Gasteiger partial charge in [0.2, 0.25) is 5.91 Å². The highest BCUT2D eigenvalue weighted by molar-refractivity contribution is 6.21. The number of hydrogen-bond acceptors (Lipinski definition) is 1. The van der Waals surface area contributed by atoms with E-state index in [2.05, 4.69) is 5.32 Å². The third-order valence-electron chi connectivity index (χ3n) is 1.80. The maximum Gasteiger partial charge on any atom is 0.221 e. The van der Waals surface area contributed by atoms with Crippen LogP contribution in [0.1, 0.15) is 18.9 Å². The van der Waals surface area contributed by atoms with Crippen molar-refractivity contribution >= 4 is 17.5 Å². The molecule has 1 atom stereocenters. The Kier molecular flexibility index (Phi) is 4.47. The van der Waals surface area contributed by atoms with Gasteiger partial charge in [0.05, 0.1) is 0 Å². The molecule has 1 unspecified atom stereocenters. The fraction of sp³-hybridized carbons (Fsp3) is 0.364. The van der Waals surface area contributed by atoms with Crippen LogP contribution in [-0.4, -0.2) is 11.3 Å². The topological polar surface area (TPSA) is 29.1 Å². The Hall–Kier alpha value is -1.02. The average molecular weight is 212 g/mol. The molecule has 0 saturated heterocycles. The normalized spacial score (nSPS) is 12.1. The zero-order valence-electron chi connectivity index (χ0n) is 8.16. The molecule has 0 bridgehead atoms. The van der Waals surface area contributed by atoms with Crippen LogP contribution in [0, 0.1) is 0 Å². The SMILES string of the molecule is CC(Cl)CC(=O)NCc1ccccc1. The molecule has 0 heterocycles. The van der Waals surface area contributed by atoms with E-state index >= 15 is 0 Å². The monoisotopic (exact) mass is 211 g/mol. The highest BCUT2D eigenvalue weighted by Crippen LogP contribution is 2.01. The third kappa shape index (κ3) is 4.28. The predicted molar refractivity (Wildman–Crippen MR) is 58.2 cm³/mol. The molecular formula is C11H14ClNO. The van der Waals surface area contributed by atoms with E-state index in [4.69, 9.17) is 11.6 Å². The summed E-state index contributed by atoms with van der Waals surface area (Å²) in [5.41, 5.74) is 1.10. The summed E-state index contributed by atoms with van der Waals surface area (Å²) in [6.45, 7) is 2.38. The number of nitrogens with one attached hydrogen (secondary N) is 1. The molecule has 1 aromatic carbocycles. The molecule has 0 aliphatic carbocycles. The molecule has 14 heavy (non-hydrogen) atoms. The van der Waals surface area contributed by atoms with Crippen LogP contribution in [0.4, 0.5) is 0 Å². The second-order valence-electron chi connectivity index (χ2n) is 3.25.